The van der Waals surface area contributed by atoms with Crippen LogP contribution in [0.4, 0.5) is 10.7 Å². The lowest BCUT2D eigenvalue weighted by atomic mass is 10.0. The van der Waals surface area contributed by atoms with Crippen LogP contribution in [0.5, 0.6) is 0 Å². The summed E-state index contributed by atoms with van der Waals surface area (Å²) in [4.78, 5) is 17.4. The van der Waals surface area contributed by atoms with Gasteiger partial charge in [0, 0.05) is 28.5 Å². The number of thiophene rings is 1. The second-order valence-corrected chi connectivity index (χ2v) is 7.04. The molecule has 2 N–H and O–H groups in total. The molecule has 3 aromatic rings. The average Bonchev–Trinajstić information content (AvgIpc) is 2.98. The fraction of sp³-hybridized carbons (Fsp3) is 0.105. The maximum absolute atomic E-state index is 12.5. The number of hydrogen-bond acceptors (Lipinski definition) is 5. The van der Waals surface area contributed by atoms with Gasteiger partial charge in [-0.1, -0.05) is 30.3 Å². The number of rotatable bonds is 4. The summed E-state index contributed by atoms with van der Waals surface area (Å²) in [7, 11) is 1.38. The van der Waals surface area contributed by atoms with Gasteiger partial charge in [0.05, 0.1) is 7.11 Å². The summed E-state index contributed by atoms with van der Waals surface area (Å²) >= 11 is 6.85. The average molecular weight is 383 g/mol. The van der Waals surface area contributed by atoms with Gasteiger partial charge in [0.15, 0.2) is 5.11 Å². The molecule has 0 saturated heterocycles. The third-order valence-corrected chi connectivity index (χ3v) is 4.93. The molecule has 3 rings (SSSR count). The van der Waals surface area contributed by atoms with Crippen LogP contribution < -0.4 is 10.6 Å². The van der Waals surface area contributed by atoms with Crippen molar-refractivity contribution in [2.75, 3.05) is 17.7 Å². The number of anilines is 2. The van der Waals surface area contributed by atoms with E-state index in [4.69, 9.17) is 17.0 Å². The molecular formula is C19H17N3O2S2. The number of hydrogen-bond donors (Lipinski definition) is 2. The molecule has 2 heterocycles. The first-order valence-corrected chi connectivity index (χ1v) is 9.07. The number of nitrogens with zero attached hydrogens (tertiary/aromatic N) is 1. The zero-order valence-electron chi connectivity index (χ0n) is 14.3. The van der Waals surface area contributed by atoms with Crippen LogP contribution in [0, 0.1) is 6.92 Å². The summed E-state index contributed by atoms with van der Waals surface area (Å²) < 4.78 is 5.01. The molecule has 0 fully saturated rings. The maximum atomic E-state index is 12.5. The van der Waals surface area contributed by atoms with Crippen molar-refractivity contribution < 1.29 is 9.53 Å². The van der Waals surface area contributed by atoms with Gasteiger partial charge in [-0.3, -0.25) is 4.98 Å². The van der Waals surface area contributed by atoms with E-state index < -0.39 is 5.97 Å². The van der Waals surface area contributed by atoms with Crippen LogP contribution in [0.2, 0.25) is 0 Å². The van der Waals surface area contributed by atoms with E-state index >= 15 is 0 Å². The Morgan fingerprint density at radius 1 is 1.12 bits per heavy atom. The van der Waals surface area contributed by atoms with Crippen LogP contribution in [0.3, 0.4) is 0 Å². The Hall–Kier alpha value is -2.77. The lowest BCUT2D eigenvalue weighted by Crippen LogP contribution is -2.20. The van der Waals surface area contributed by atoms with Crippen molar-refractivity contribution in [1.82, 2.24) is 4.98 Å². The van der Waals surface area contributed by atoms with Gasteiger partial charge in [-0.2, -0.15) is 0 Å². The van der Waals surface area contributed by atoms with E-state index in [1.54, 1.807) is 12.4 Å². The van der Waals surface area contributed by atoms with Crippen LogP contribution in [-0.2, 0) is 4.74 Å². The van der Waals surface area contributed by atoms with Gasteiger partial charge in [-0.25, -0.2) is 4.79 Å². The Kier molecular flexibility index (Phi) is 5.60. The molecule has 0 aliphatic heterocycles. The molecule has 1 aromatic carbocycles. The topological polar surface area (TPSA) is 63.2 Å². The number of esters is 1. The first-order valence-electron chi connectivity index (χ1n) is 7.85. The summed E-state index contributed by atoms with van der Waals surface area (Å²) in [6.07, 6.45) is 3.35. The second kappa shape index (κ2) is 8.07. The molecular weight excluding hydrogens is 366 g/mol. The smallest absolute Gasteiger partial charge is 0.341 e. The standard InChI is InChI=1S/C19H17N3O2S2/c1-12-15(13-6-4-3-5-7-13)16(18(23)24-2)17(26-12)22-19(25)21-14-8-10-20-11-9-14/h3-11H,1-2H3,(H2,20,21,22,25). The quantitative estimate of drug-likeness (QED) is 0.502. The number of carbonyl (C=O) groups excluding carboxylic acids is 1. The SMILES string of the molecule is COC(=O)c1c(NC(=S)Nc2ccncc2)sc(C)c1-c1ccccc1. The predicted molar refractivity (Wildman–Crippen MR) is 110 cm³/mol. The second-order valence-electron chi connectivity index (χ2n) is 5.41. The molecule has 26 heavy (non-hydrogen) atoms. The number of benzene rings is 1. The normalized spacial score (nSPS) is 10.2. The fourth-order valence-corrected chi connectivity index (χ4v) is 3.94. The van der Waals surface area contributed by atoms with Gasteiger partial charge < -0.3 is 15.4 Å². The number of methoxy groups -OCH3 is 1. The Morgan fingerprint density at radius 3 is 2.46 bits per heavy atom. The number of nitrogens with one attached hydrogen (secondary N) is 2. The molecule has 0 spiro atoms. The molecule has 0 saturated carbocycles. The Balaban J connectivity index is 1.94. The molecule has 5 nitrogen and oxygen atoms in total. The van der Waals surface area contributed by atoms with Crippen LogP contribution in [0.15, 0.2) is 54.9 Å². The van der Waals surface area contributed by atoms with Gasteiger partial charge in [0.25, 0.3) is 0 Å². The van der Waals surface area contributed by atoms with Crippen molar-refractivity contribution in [3.8, 4) is 11.1 Å². The lowest BCUT2D eigenvalue weighted by Gasteiger charge is -2.11. The van der Waals surface area contributed by atoms with E-state index in [2.05, 4.69) is 15.6 Å². The third-order valence-electron chi connectivity index (χ3n) is 3.70. The third kappa shape index (κ3) is 3.89. The molecule has 0 radical (unpaired) electrons. The van der Waals surface area contributed by atoms with E-state index in [-0.39, 0.29) is 0 Å². The highest BCUT2D eigenvalue weighted by atomic mass is 32.1. The van der Waals surface area contributed by atoms with Gasteiger partial charge >= 0.3 is 5.97 Å². The zero-order valence-corrected chi connectivity index (χ0v) is 15.9. The molecule has 0 atom stereocenters. The van der Waals surface area contributed by atoms with Crippen LogP contribution >= 0.6 is 23.6 Å². The maximum Gasteiger partial charge on any atom is 0.341 e. The summed E-state index contributed by atoms with van der Waals surface area (Å²) in [5.74, 6) is -0.401. The molecule has 0 aliphatic rings. The van der Waals surface area contributed by atoms with E-state index in [9.17, 15) is 4.79 Å². The molecule has 2 aromatic heterocycles. The van der Waals surface area contributed by atoms with Crippen molar-refractivity contribution in [2.24, 2.45) is 0 Å². The molecule has 7 heteroatoms. The largest absolute Gasteiger partial charge is 0.465 e. The summed E-state index contributed by atoms with van der Waals surface area (Å²) in [6.45, 7) is 1.98. The number of aryl methyl sites for hydroxylation is 1. The van der Waals surface area contributed by atoms with Crippen LogP contribution in [0.25, 0.3) is 11.1 Å². The van der Waals surface area contributed by atoms with Crippen LogP contribution in [-0.4, -0.2) is 23.2 Å². The Labute approximate surface area is 161 Å². The zero-order chi connectivity index (χ0) is 18.5. The number of ether oxygens (including phenoxy) is 1. The minimum atomic E-state index is -0.401. The van der Waals surface area contributed by atoms with Crippen molar-refractivity contribution in [3.05, 3.63) is 65.3 Å². The number of aromatic nitrogens is 1. The molecule has 0 bridgehead atoms. The van der Waals surface area contributed by atoms with Crippen LogP contribution in [0.1, 0.15) is 15.2 Å². The van der Waals surface area contributed by atoms with Crippen molar-refractivity contribution >= 4 is 45.3 Å². The summed E-state index contributed by atoms with van der Waals surface area (Å²) in [6, 6.07) is 13.4. The molecule has 0 amide bonds. The summed E-state index contributed by atoms with van der Waals surface area (Å²) in [5, 5.41) is 7.24. The van der Waals surface area contributed by atoms with Gasteiger partial charge in [-0.05, 0) is 36.8 Å². The Morgan fingerprint density at radius 2 is 1.81 bits per heavy atom. The number of carbonyl (C=O) groups is 1. The minimum Gasteiger partial charge on any atom is -0.465 e. The monoisotopic (exact) mass is 383 g/mol. The van der Waals surface area contributed by atoms with Crippen molar-refractivity contribution in [3.63, 3.8) is 0 Å². The van der Waals surface area contributed by atoms with Crippen molar-refractivity contribution in [1.29, 1.82) is 0 Å². The van der Waals surface area contributed by atoms with E-state index in [1.165, 1.54) is 18.4 Å². The highest BCUT2D eigenvalue weighted by Crippen LogP contribution is 2.40. The van der Waals surface area contributed by atoms with Gasteiger partial charge in [-0.15, -0.1) is 11.3 Å². The van der Waals surface area contributed by atoms with E-state index in [1.807, 2.05) is 49.4 Å². The summed E-state index contributed by atoms with van der Waals surface area (Å²) in [5.41, 5.74) is 3.12. The predicted octanol–water partition coefficient (Wildman–Crippen LogP) is 4.71. The Bertz CT molecular complexity index is 925. The fourth-order valence-electron chi connectivity index (χ4n) is 2.58. The van der Waals surface area contributed by atoms with Gasteiger partial charge in [0.2, 0.25) is 0 Å². The number of thiocarbonyl (C=S) groups is 1. The number of pyridine rings is 1. The molecule has 132 valence electrons. The van der Waals surface area contributed by atoms with E-state index in [0.29, 0.717) is 15.7 Å². The van der Waals surface area contributed by atoms with Crippen molar-refractivity contribution in [2.45, 2.75) is 6.92 Å². The minimum absolute atomic E-state index is 0.391. The highest BCUT2D eigenvalue weighted by molar-refractivity contribution is 7.80. The lowest BCUT2D eigenvalue weighted by molar-refractivity contribution is 0.0603. The first-order chi connectivity index (χ1) is 12.6. The highest BCUT2D eigenvalue weighted by Gasteiger charge is 2.24. The first kappa shape index (κ1) is 18.0. The molecule has 0 unspecified atom stereocenters. The van der Waals surface area contributed by atoms with Gasteiger partial charge in [0.1, 0.15) is 10.6 Å². The van der Waals surface area contributed by atoms with E-state index in [0.717, 1.165) is 21.7 Å². The molecule has 0 aliphatic carbocycles.